The number of hydrogen-bond acceptors (Lipinski definition) is 5. The molecule has 5 heteroatoms. The van der Waals surface area contributed by atoms with E-state index in [1.807, 2.05) is 0 Å². The fourth-order valence-electron chi connectivity index (χ4n) is 0.678. The van der Waals surface area contributed by atoms with Crippen LogP contribution in [0.25, 0.3) is 0 Å². The van der Waals surface area contributed by atoms with E-state index in [1.54, 1.807) is 0 Å². The lowest BCUT2D eigenvalue weighted by Crippen LogP contribution is -2.25. The van der Waals surface area contributed by atoms with E-state index in [0.717, 1.165) is 0 Å². The van der Waals surface area contributed by atoms with Gasteiger partial charge in [0.1, 0.15) is 5.57 Å². The highest BCUT2D eigenvalue weighted by atomic mass is 16.5. The topological polar surface area (TPSA) is 70.9 Å². The Hall–Kier alpha value is -1.36. The molecular weight excluding hydrogens is 148 g/mol. The molecule has 1 aliphatic rings. The summed E-state index contributed by atoms with van der Waals surface area (Å²) in [5.41, 5.74) is 0.106. The SMILES string of the molecule is COC(=O)C1=CNC=NC1O. The smallest absolute Gasteiger partial charge is 0.339 e. The molecule has 0 saturated heterocycles. The highest BCUT2D eigenvalue weighted by Crippen LogP contribution is 2.06. The Bertz CT molecular complexity index is 222. The van der Waals surface area contributed by atoms with Gasteiger partial charge >= 0.3 is 5.97 Å². The Morgan fingerprint density at radius 1 is 1.91 bits per heavy atom. The number of aliphatic hydroxyl groups is 1. The molecule has 1 unspecified atom stereocenters. The monoisotopic (exact) mass is 156 g/mol. The Morgan fingerprint density at radius 2 is 2.64 bits per heavy atom. The van der Waals surface area contributed by atoms with E-state index < -0.39 is 12.2 Å². The van der Waals surface area contributed by atoms with Crippen LogP contribution in [-0.4, -0.2) is 30.8 Å². The number of hydrogen-bond donors (Lipinski definition) is 2. The second-order valence-corrected chi connectivity index (χ2v) is 1.91. The first-order valence-corrected chi connectivity index (χ1v) is 3.00. The number of carbonyl (C=O) groups excluding carboxylic acids is 1. The minimum Gasteiger partial charge on any atom is -0.465 e. The van der Waals surface area contributed by atoms with Crippen LogP contribution in [0.4, 0.5) is 0 Å². The van der Waals surface area contributed by atoms with Gasteiger partial charge in [0.05, 0.1) is 13.4 Å². The van der Waals surface area contributed by atoms with Gasteiger partial charge in [-0.05, 0) is 0 Å². The van der Waals surface area contributed by atoms with Crippen molar-refractivity contribution in [1.29, 1.82) is 0 Å². The van der Waals surface area contributed by atoms with Gasteiger partial charge in [-0.1, -0.05) is 0 Å². The molecule has 0 fully saturated rings. The lowest BCUT2D eigenvalue weighted by Gasteiger charge is -2.11. The Morgan fingerprint density at radius 3 is 3.18 bits per heavy atom. The maximum Gasteiger partial charge on any atom is 0.339 e. The van der Waals surface area contributed by atoms with Gasteiger partial charge in [-0.3, -0.25) is 0 Å². The summed E-state index contributed by atoms with van der Waals surface area (Å²) in [7, 11) is 1.24. The molecule has 1 rings (SSSR count). The van der Waals surface area contributed by atoms with E-state index >= 15 is 0 Å². The predicted octanol–water partition coefficient (Wildman–Crippen LogP) is -1.01. The van der Waals surface area contributed by atoms with Gasteiger partial charge in [0.2, 0.25) is 0 Å². The van der Waals surface area contributed by atoms with Gasteiger partial charge in [-0.25, -0.2) is 9.79 Å². The van der Waals surface area contributed by atoms with Gasteiger partial charge in [0.15, 0.2) is 6.23 Å². The molecule has 1 atom stereocenters. The first-order chi connectivity index (χ1) is 5.25. The summed E-state index contributed by atoms with van der Waals surface area (Å²) >= 11 is 0. The minimum absolute atomic E-state index is 0.106. The lowest BCUT2D eigenvalue weighted by atomic mass is 10.2. The zero-order valence-corrected chi connectivity index (χ0v) is 5.94. The van der Waals surface area contributed by atoms with Crippen LogP contribution in [0.2, 0.25) is 0 Å². The number of ether oxygens (including phenoxy) is 1. The van der Waals surface area contributed by atoms with E-state index in [2.05, 4.69) is 15.0 Å². The standard InChI is InChI=1S/C6H8N2O3/c1-11-6(10)4-2-7-3-8-5(4)9/h2-3,5,9H,1H3,(H,7,8). The van der Waals surface area contributed by atoms with Crippen LogP contribution in [0.5, 0.6) is 0 Å². The molecule has 1 heterocycles. The molecule has 0 aromatic heterocycles. The van der Waals surface area contributed by atoms with E-state index in [4.69, 9.17) is 5.11 Å². The molecule has 1 aliphatic heterocycles. The number of aliphatic imine (C=N–C) groups is 1. The number of rotatable bonds is 1. The summed E-state index contributed by atoms with van der Waals surface area (Å²) in [5, 5.41) is 11.6. The first kappa shape index (κ1) is 7.74. The van der Waals surface area contributed by atoms with E-state index in [0.29, 0.717) is 0 Å². The molecule has 0 spiro atoms. The van der Waals surface area contributed by atoms with Crippen molar-refractivity contribution in [2.45, 2.75) is 6.23 Å². The van der Waals surface area contributed by atoms with Crippen molar-refractivity contribution >= 4 is 12.3 Å². The van der Waals surface area contributed by atoms with Crippen molar-refractivity contribution in [2.75, 3.05) is 7.11 Å². The fraction of sp³-hybridized carbons (Fsp3) is 0.333. The minimum atomic E-state index is -1.11. The number of methoxy groups -OCH3 is 1. The van der Waals surface area contributed by atoms with Crippen molar-refractivity contribution in [3.63, 3.8) is 0 Å². The number of aliphatic hydroxyl groups excluding tert-OH is 1. The molecule has 5 nitrogen and oxygen atoms in total. The first-order valence-electron chi connectivity index (χ1n) is 3.00. The molecule has 2 N–H and O–H groups in total. The summed E-state index contributed by atoms with van der Waals surface area (Å²) in [6.07, 6.45) is 1.55. The summed E-state index contributed by atoms with van der Waals surface area (Å²) in [5.74, 6) is -0.582. The van der Waals surface area contributed by atoms with Crippen LogP contribution in [0, 0.1) is 0 Å². The molecule has 0 aromatic rings. The maximum absolute atomic E-state index is 10.8. The van der Waals surface area contributed by atoms with Crippen molar-refractivity contribution in [3.8, 4) is 0 Å². The van der Waals surface area contributed by atoms with Crippen molar-refractivity contribution in [2.24, 2.45) is 4.99 Å². The number of nitrogens with zero attached hydrogens (tertiary/aromatic N) is 1. The number of carbonyl (C=O) groups is 1. The molecule has 0 saturated carbocycles. The zero-order valence-electron chi connectivity index (χ0n) is 5.94. The Kier molecular flexibility index (Phi) is 2.22. The predicted molar refractivity (Wildman–Crippen MR) is 37.7 cm³/mol. The van der Waals surface area contributed by atoms with Crippen LogP contribution in [0.3, 0.4) is 0 Å². The molecule has 0 aromatic carbocycles. The third-order valence-electron chi connectivity index (χ3n) is 1.23. The van der Waals surface area contributed by atoms with E-state index in [1.165, 1.54) is 19.6 Å². The van der Waals surface area contributed by atoms with Crippen LogP contribution in [0.15, 0.2) is 16.8 Å². The van der Waals surface area contributed by atoms with Gasteiger partial charge in [-0.15, -0.1) is 0 Å². The molecule has 11 heavy (non-hydrogen) atoms. The normalized spacial score (nSPS) is 22.0. The zero-order chi connectivity index (χ0) is 8.27. The van der Waals surface area contributed by atoms with Crippen LogP contribution >= 0.6 is 0 Å². The number of nitrogens with one attached hydrogen (secondary N) is 1. The third-order valence-corrected chi connectivity index (χ3v) is 1.23. The molecule has 0 amide bonds. The Balaban J connectivity index is 2.71. The average molecular weight is 156 g/mol. The third kappa shape index (κ3) is 1.56. The molecule has 60 valence electrons. The molecular formula is C6H8N2O3. The van der Waals surface area contributed by atoms with Gasteiger partial charge in [-0.2, -0.15) is 0 Å². The van der Waals surface area contributed by atoms with E-state index in [-0.39, 0.29) is 5.57 Å². The molecule has 0 bridgehead atoms. The summed E-state index contributed by atoms with van der Waals surface area (Å²) in [6.45, 7) is 0. The summed E-state index contributed by atoms with van der Waals surface area (Å²) < 4.78 is 4.38. The van der Waals surface area contributed by atoms with Crippen LogP contribution < -0.4 is 5.32 Å². The van der Waals surface area contributed by atoms with Crippen molar-refractivity contribution in [1.82, 2.24) is 5.32 Å². The summed E-state index contributed by atoms with van der Waals surface area (Å²) in [6, 6.07) is 0. The van der Waals surface area contributed by atoms with Crippen LogP contribution in [0.1, 0.15) is 0 Å². The molecule has 0 radical (unpaired) electrons. The van der Waals surface area contributed by atoms with Gasteiger partial charge in [0, 0.05) is 6.20 Å². The summed E-state index contributed by atoms with van der Waals surface area (Å²) in [4.78, 5) is 14.3. The number of esters is 1. The average Bonchev–Trinajstić information content (AvgIpc) is 2.04. The van der Waals surface area contributed by atoms with Crippen molar-refractivity contribution in [3.05, 3.63) is 11.8 Å². The van der Waals surface area contributed by atoms with Crippen molar-refractivity contribution < 1.29 is 14.6 Å². The fourth-order valence-corrected chi connectivity index (χ4v) is 0.678. The quantitative estimate of drug-likeness (QED) is 0.477. The van der Waals surface area contributed by atoms with Crippen LogP contribution in [-0.2, 0) is 9.53 Å². The lowest BCUT2D eigenvalue weighted by molar-refractivity contribution is -0.137. The Labute approximate surface area is 63.4 Å². The van der Waals surface area contributed by atoms with E-state index in [9.17, 15) is 4.79 Å². The second-order valence-electron chi connectivity index (χ2n) is 1.91. The maximum atomic E-state index is 10.8. The second kappa shape index (κ2) is 3.16. The van der Waals surface area contributed by atoms with Gasteiger partial charge in [0.25, 0.3) is 0 Å². The van der Waals surface area contributed by atoms with Gasteiger partial charge < -0.3 is 15.2 Å². The highest BCUT2D eigenvalue weighted by Gasteiger charge is 2.19. The molecule has 0 aliphatic carbocycles. The highest BCUT2D eigenvalue weighted by molar-refractivity contribution is 5.90. The largest absolute Gasteiger partial charge is 0.465 e.